The van der Waals surface area contributed by atoms with E-state index >= 15 is 0 Å². The maximum atomic E-state index is 13.6. The highest BCUT2D eigenvalue weighted by Gasteiger charge is 2.04. The zero-order valence-corrected chi connectivity index (χ0v) is 11.6. The Morgan fingerprint density at radius 1 is 1.10 bits per heavy atom. The van der Waals surface area contributed by atoms with Crippen LogP contribution in [0.1, 0.15) is 6.42 Å². The van der Waals surface area contributed by atoms with Gasteiger partial charge in [-0.15, -0.1) is 0 Å². The first kappa shape index (κ1) is 13.5. The van der Waals surface area contributed by atoms with Crippen LogP contribution >= 0.6 is 0 Å². The summed E-state index contributed by atoms with van der Waals surface area (Å²) in [7, 11) is 0. The molecule has 0 spiro atoms. The number of nitrogens with two attached hydrogens (primary N) is 1. The molecule has 2 N–H and O–H groups in total. The van der Waals surface area contributed by atoms with Gasteiger partial charge in [-0.3, -0.25) is 0 Å². The second-order valence-electron chi connectivity index (χ2n) is 4.96. The van der Waals surface area contributed by atoms with Gasteiger partial charge in [0.2, 0.25) is 0 Å². The van der Waals surface area contributed by atoms with Crippen molar-refractivity contribution in [2.45, 2.75) is 13.0 Å². The van der Waals surface area contributed by atoms with Crippen molar-refractivity contribution in [3.8, 4) is 5.75 Å². The van der Waals surface area contributed by atoms with E-state index in [0.717, 1.165) is 24.2 Å². The Morgan fingerprint density at radius 3 is 2.81 bits per heavy atom. The Morgan fingerprint density at radius 2 is 1.95 bits per heavy atom. The molecule has 0 aliphatic heterocycles. The van der Waals surface area contributed by atoms with E-state index in [1.165, 1.54) is 6.07 Å². The van der Waals surface area contributed by atoms with Crippen LogP contribution in [0.4, 0.5) is 10.1 Å². The van der Waals surface area contributed by atoms with Crippen LogP contribution in [-0.2, 0) is 6.54 Å². The number of hydrogen-bond donors (Lipinski definition) is 1. The standard InChI is InChI=1S/C17H17FN2O/c18-16-6-2-7-17-15(16)8-10-20(17)9-3-11-21-14-5-1-4-13(19)12-14/h1-2,4-8,10,12H,3,9,11,19H2. The monoisotopic (exact) mass is 284 g/mol. The van der Waals surface area contributed by atoms with E-state index in [1.54, 1.807) is 12.1 Å². The fourth-order valence-electron chi connectivity index (χ4n) is 2.41. The lowest BCUT2D eigenvalue weighted by atomic mass is 10.2. The number of aromatic nitrogens is 1. The molecule has 0 radical (unpaired) electrons. The molecule has 4 heteroatoms. The van der Waals surface area contributed by atoms with Crippen LogP contribution in [0.2, 0.25) is 0 Å². The van der Waals surface area contributed by atoms with E-state index in [-0.39, 0.29) is 5.82 Å². The van der Waals surface area contributed by atoms with Gasteiger partial charge >= 0.3 is 0 Å². The highest BCUT2D eigenvalue weighted by Crippen LogP contribution is 2.19. The maximum Gasteiger partial charge on any atom is 0.132 e. The number of hydrogen-bond acceptors (Lipinski definition) is 2. The summed E-state index contributed by atoms with van der Waals surface area (Å²) >= 11 is 0. The van der Waals surface area contributed by atoms with Gasteiger partial charge in [0, 0.05) is 29.9 Å². The van der Waals surface area contributed by atoms with E-state index in [0.29, 0.717) is 17.7 Å². The van der Waals surface area contributed by atoms with Crippen molar-refractivity contribution in [1.29, 1.82) is 0 Å². The van der Waals surface area contributed by atoms with Crippen LogP contribution in [0.3, 0.4) is 0 Å². The van der Waals surface area contributed by atoms with Gasteiger partial charge in [-0.1, -0.05) is 12.1 Å². The number of nitrogen functional groups attached to an aromatic ring is 1. The molecule has 0 aliphatic carbocycles. The molecule has 0 fully saturated rings. The van der Waals surface area contributed by atoms with Crippen molar-refractivity contribution in [2.75, 3.05) is 12.3 Å². The maximum absolute atomic E-state index is 13.6. The molecule has 2 aromatic carbocycles. The van der Waals surface area contributed by atoms with Gasteiger partial charge in [-0.05, 0) is 36.8 Å². The first-order valence-electron chi connectivity index (χ1n) is 6.96. The van der Waals surface area contributed by atoms with Gasteiger partial charge in [0.1, 0.15) is 11.6 Å². The summed E-state index contributed by atoms with van der Waals surface area (Å²) in [5.41, 5.74) is 7.31. The Kier molecular flexibility index (Phi) is 3.77. The summed E-state index contributed by atoms with van der Waals surface area (Å²) in [6, 6.07) is 14.3. The Balaban J connectivity index is 1.59. The van der Waals surface area contributed by atoms with Crippen molar-refractivity contribution in [3.63, 3.8) is 0 Å². The molecule has 0 unspecified atom stereocenters. The normalized spacial score (nSPS) is 10.9. The number of anilines is 1. The summed E-state index contributed by atoms with van der Waals surface area (Å²) in [6.07, 6.45) is 2.75. The molecule has 1 heterocycles. The summed E-state index contributed by atoms with van der Waals surface area (Å²) < 4.78 is 21.3. The average molecular weight is 284 g/mol. The SMILES string of the molecule is Nc1cccc(OCCCn2ccc3c(F)cccc32)c1. The average Bonchev–Trinajstić information content (AvgIpc) is 2.88. The lowest BCUT2D eigenvalue weighted by Crippen LogP contribution is -2.04. The van der Waals surface area contributed by atoms with E-state index < -0.39 is 0 Å². The highest BCUT2D eigenvalue weighted by molar-refractivity contribution is 5.80. The second kappa shape index (κ2) is 5.87. The van der Waals surface area contributed by atoms with Gasteiger partial charge in [0.25, 0.3) is 0 Å². The number of ether oxygens (including phenoxy) is 1. The van der Waals surface area contributed by atoms with Gasteiger partial charge < -0.3 is 15.0 Å². The largest absolute Gasteiger partial charge is 0.493 e. The minimum absolute atomic E-state index is 0.178. The van der Waals surface area contributed by atoms with Crippen molar-refractivity contribution >= 4 is 16.6 Å². The third kappa shape index (κ3) is 2.99. The Hall–Kier alpha value is -2.49. The second-order valence-corrected chi connectivity index (χ2v) is 4.96. The Labute approximate surface area is 122 Å². The van der Waals surface area contributed by atoms with Crippen LogP contribution in [0.15, 0.2) is 54.7 Å². The van der Waals surface area contributed by atoms with E-state index in [1.807, 2.05) is 41.1 Å². The molecule has 3 nitrogen and oxygen atoms in total. The fourth-order valence-corrected chi connectivity index (χ4v) is 2.41. The molecule has 108 valence electrons. The van der Waals surface area contributed by atoms with Gasteiger partial charge in [-0.2, -0.15) is 0 Å². The van der Waals surface area contributed by atoms with Crippen LogP contribution < -0.4 is 10.5 Å². The molecular weight excluding hydrogens is 267 g/mol. The smallest absolute Gasteiger partial charge is 0.132 e. The third-order valence-corrected chi connectivity index (χ3v) is 3.43. The van der Waals surface area contributed by atoms with Gasteiger partial charge in [0.15, 0.2) is 0 Å². The minimum Gasteiger partial charge on any atom is -0.493 e. The zero-order valence-electron chi connectivity index (χ0n) is 11.6. The number of halogens is 1. The molecule has 0 saturated carbocycles. The third-order valence-electron chi connectivity index (χ3n) is 3.43. The fraction of sp³-hybridized carbons (Fsp3) is 0.176. The van der Waals surface area contributed by atoms with Crippen LogP contribution in [0, 0.1) is 5.82 Å². The zero-order chi connectivity index (χ0) is 14.7. The van der Waals surface area contributed by atoms with Gasteiger partial charge in [-0.25, -0.2) is 4.39 Å². The van der Waals surface area contributed by atoms with Crippen LogP contribution in [-0.4, -0.2) is 11.2 Å². The summed E-state index contributed by atoms with van der Waals surface area (Å²) in [5.74, 6) is 0.598. The predicted octanol–water partition coefficient (Wildman–Crippen LogP) is 3.83. The van der Waals surface area contributed by atoms with Crippen LogP contribution in [0.5, 0.6) is 5.75 Å². The number of fused-ring (bicyclic) bond motifs is 1. The van der Waals surface area contributed by atoms with Crippen molar-refractivity contribution in [1.82, 2.24) is 4.57 Å². The molecule has 21 heavy (non-hydrogen) atoms. The number of rotatable bonds is 5. The first-order valence-corrected chi connectivity index (χ1v) is 6.96. The first-order chi connectivity index (χ1) is 10.2. The van der Waals surface area contributed by atoms with E-state index in [9.17, 15) is 4.39 Å². The summed E-state index contributed by atoms with van der Waals surface area (Å²) in [5, 5.41) is 0.661. The van der Waals surface area contributed by atoms with E-state index in [2.05, 4.69) is 0 Å². The molecule has 0 amide bonds. The summed E-state index contributed by atoms with van der Waals surface area (Å²) in [4.78, 5) is 0. The highest BCUT2D eigenvalue weighted by atomic mass is 19.1. The number of benzene rings is 2. The van der Waals surface area contributed by atoms with Crippen molar-refractivity contribution < 1.29 is 9.13 Å². The minimum atomic E-state index is -0.178. The molecule has 1 aromatic heterocycles. The lowest BCUT2D eigenvalue weighted by molar-refractivity contribution is 0.303. The number of nitrogens with zero attached hydrogens (tertiary/aromatic N) is 1. The van der Waals surface area contributed by atoms with Crippen molar-refractivity contribution in [2.24, 2.45) is 0 Å². The molecule has 0 saturated heterocycles. The summed E-state index contributed by atoms with van der Waals surface area (Å²) in [6.45, 7) is 1.38. The van der Waals surface area contributed by atoms with Crippen LogP contribution in [0.25, 0.3) is 10.9 Å². The molecule has 3 aromatic rings. The van der Waals surface area contributed by atoms with E-state index in [4.69, 9.17) is 10.5 Å². The molecule has 0 atom stereocenters. The van der Waals surface area contributed by atoms with Gasteiger partial charge in [0.05, 0.1) is 12.1 Å². The quantitative estimate of drug-likeness (QED) is 0.571. The Bertz CT molecular complexity index is 751. The molecular formula is C17H17FN2O. The molecule has 0 aliphatic rings. The molecule has 0 bridgehead atoms. The van der Waals surface area contributed by atoms with Crippen molar-refractivity contribution in [3.05, 3.63) is 60.5 Å². The lowest BCUT2D eigenvalue weighted by Gasteiger charge is -2.08. The predicted molar refractivity (Wildman–Crippen MR) is 82.9 cm³/mol. The molecule has 3 rings (SSSR count). The number of aryl methyl sites for hydroxylation is 1. The topological polar surface area (TPSA) is 40.2 Å².